The molecule has 0 radical (unpaired) electrons. The van der Waals surface area contributed by atoms with Crippen LogP contribution in [0.25, 0.3) is 0 Å². The summed E-state index contributed by atoms with van der Waals surface area (Å²) in [5, 5.41) is 10.9. The summed E-state index contributed by atoms with van der Waals surface area (Å²) in [5.74, 6) is 0.515. The van der Waals surface area contributed by atoms with Gasteiger partial charge < -0.3 is 5.32 Å². The van der Waals surface area contributed by atoms with Gasteiger partial charge in [0.25, 0.3) is 0 Å². The summed E-state index contributed by atoms with van der Waals surface area (Å²) in [5.41, 5.74) is 4.55. The zero-order valence-corrected chi connectivity index (χ0v) is 11.5. The number of rotatable bonds is 4. The number of nitrogens with one attached hydrogen (secondary N) is 2. The van der Waals surface area contributed by atoms with Gasteiger partial charge in [-0.3, -0.25) is 5.10 Å². The van der Waals surface area contributed by atoms with Crippen LogP contribution in [0.15, 0.2) is 30.3 Å². The van der Waals surface area contributed by atoms with Gasteiger partial charge in [0.15, 0.2) is 0 Å². The lowest BCUT2D eigenvalue weighted by Crippen LogP contribution is -2.17. The summed E-state index contributed by atoms with van der Waals surface area (Å²) < 4.78 is 0. The quantitative estimate of drug-likeness (QED) is 0.856. The molecule has 1 unspecified atom stereocenters. The molecular weight excluding hydrogens is 222 g/mol. The Balaban J connectivity index is 2.28. The van der Waals surface area contributed by atoms with Crippen molar-refractivity contribution in [1.82, 2.24) is 10.2 Å². The molecule has 0 saturated heterocycles. The minimum Gasteiger partial charge on any atom is -0.375 e. The average Bonchev–Trinajstić information content (AvgIpc) is 2.67. The first-order valence-corrected chi connectivity index (χ1v) is 6.42. The Bertz CT molecular complexity index is 480. The van der Waals surface area contributed by atoms with E-state index in [2.05, 4.69) is 59.7 Å². The fourth-order valence-electron chi connectivity index (χ4n) is 2.21. The van der Waals surface area contributed by atoms with E-state index < -0.39 is 0 Å². The van der Waals surface area contributed by atoms with Crippen LogP contribution in [0.5, 0.6) is 0 Å². The molecule has 1 heterocycles. The molecule has 0 saturated carbocycles. The van der Waals surface area contributed by atoms with E-state index in [0.29, 0.717) is 12.0 Å². The number of aromatic amines is 1. The van der Waals surface area contributed by atoms with E-state index in [9.17, 15) is 0 Å². The summed E-state index contributed by atoms with van der Waals surface area (Å²) in [4.78, 5) is 0. The fourth-order valence-corrected chi connectivity index (χ4v) is 2.21. The van der Waals surface area contributed by atoms with Gasteiger partial charge in [-0.25, -0.2) is 0 Å². The maximum absolute atomic E-state index is 4.23. The van der Waals surface area contributed by atoms with Crippen LogP contribution in [-0.4, -0.2) is 10.2 Å². The number of anilines is 1. The van der Waals surface area contributed by atoms with Crippen molar-refractivity contribution in [1.29, 1.82) is 0 Å². The Labute approximate surface area is 109 Å². The first-order valence-electron chi connectivity index (χ1n) is 6.42. The van der Waals surface area contributed by atoms with E-state index in [0.717, 1.165) is 17.1 Å². The molecule has 0 aliphatic rings. The third-order valence-electron chi connectivity index (χ3n) is 3.25. The second-order valence-corrected chi connectivity index (χ2v) is 5.09. The summed E-state index contributed by atoms with van der Waals surface area (Å²) in [7, 11) is 0. The van der Waals surface area contributed by atoms with Gasteiger partial charge in [-0.05, 0) is 25.3 Å². The highest BCUT2D eigenvalue weighted by atomic mass is 15.2. The van der Waals surface area contributed by atoms with Crippen molar-refractivity contribution in [2.24, 2.45) is 5.92 Å². The molecule has 96 valence electrons. The first kappa shape index (κ1) is 12.7. The average molecular weight is 243 g/mol. The van der Waals surface area contributed by atoms with Crippen molar-refractivity contribution >= 4 is 5.69 Å². The molecule has 0 aliphatic carbocycles. The maximum Gasteiger partial charge on any atom is 0.0825 e. The Hall–Kier alpha value is -1.77. The molecule has 2 rings (SSSR count). The second-order valence-electron chi connectivity index (χ2n) is 5.09. The highest BCUT2D eigenvalue weighted by molar-refractivity contribution is 5.53. The van der Waals surface area contributed by atoms with Gasteiger partial charge in [0, 0.05) is 0 Å². The van der Waals surface area contributed by atoms with Crippen LogP contribution in [-0.2, 0) is 0 Å². The molecule has 0 amide bonds. The molecule has 2 N–H and O–H groups in total. The first-order chi connectivity index (χ1) is 8.59. The van der Waals surface area contributed by atoms with Gasteiger partial charge in [0.1, 0.15) is 0 Å². The molecule has 0 fully saturated rings. The van der Waals surface area contributed by atoms with Gasteiger partial charge in [0.05, 0.1) is 23.1 Å². The lowest BCUT2D eigenvalue weighted by molar-refractivity contribution is 0.546. The van der Waals surface area contributed by atoms with E-state index in [4.69, 9.17) is 0 Å². The smallest absolute Gasteiger partial charge is 0.0825 e. The molecular formula is C15H21N3. The summed E-state index contributed by atoms with van der Waals surface area (Å²) in [6, 6.07) is 10.9. The number of aryl methyl sites for hydroxylation is 2. The van der Waals surface area contributed by atoms with Gasteiger partial charge in [-0.15, -0.1) is 0 Å². The zero-order valence-electron chi connectivity index (χ0n) is 11.5. The largest absolute Gasteiger partial charge is 0.375 e. The summed E-state index contributed by atoms with van der Waals surface area (Å²) in [6.45, 7) is 8.53. The van der Waals surface area contributed by atoms with Crippen LogP contribution in [0.2, 0.25) is 0 Å². The molecule has 0 spiro atoms. The Morgan fingerprint density at radius 2 is 1.78 bits per heavy atom. The molecule has 18 heavy (non-hydrogen) atoms. The molecule has 3 heteroatoms. The number of benzene rings is 1. The normalized spacial score (nSPS) is 12.7. The third kappa shape index (κ3) is 2.55. The van der Waals surface area contributed by atoms with E-state index >= 15 is 0 Å². The predicted octanol–water partition coefficient (Wildman–Crippen LogP) is 3.84. The minimum atomic E-state index is 0.307. The minimum absolute atomic E-state index is 0.307. The van der Waals surface area contributed by atoms with Crippen molar-refractivity contribution in [2.45, 2.75) is 33.7 Å². The Morgan fingerprint density at radius 3 is 2.28 bits per heavy atom. The van der Waals surface area contributed by atoms with Gasteiger partial charge in [-0.2, -0.15) is 5.10 Å². The van der Waals surface area contributed by atoms with Crippen LogP contribution in [0.1, 0.15) is 36.8 Å². The predicted molar refractivity (Wildman–Crippen MR) is 75.7 cm³/mol. The van der Waals surface area contributed by atoms with Crippen LogP contribution in [0, 0.1) is 19.8 Å². The number of hydrogen-bond donors (Lipinski definition) is 2. The topological polar surface area (TPSA) is 40.7 Å². The summed E-state index contributed by atoms with van der Waals surface area (Å²) >= 11 is 0. The highest BCUT2D eigenvalue weighted by Gasteiger charge is 2.18. The monoisotopic (exact) mass is 243 g/mol. The standard InChI is InChI=1S/C15H21N3/c1-10(2)14(13-8-6-5-7-9-13)16-15-11(3)17-18-12(15)4/h5-10,14,16H,1-4H3,(H,17,18). The second kappa shape index (κ2) is 5.25. The molecule has 0 aliphatic heterocycles. The van der Waals surface area contributed by atoms with E-state index in [1.165, 1.54) is 5.56 Å². The number of aromatic nitrogens is 2. The van der Waals surface area contributed by atoms with Crippen LogP contribution >= 0.6 is 0 Å². The lowest BCUT2D eigenvalue weighted by Gasteiger charge is -2.24. The Kier molecular flexibility index (Phi) is 3.70. The van der Waals surface area contributed by atoms with Crippen molar-refractivity contribution in [2.75, 3.05) is 5.32 Å². The van der Waals surface area contributed by atoms with Gasteiger partial charge in [0.2, 0.25) is 0 Å². The van der Waals surface area contributed by atoms with Gasteiger partial charge >= 0.3 is 0 Å². The van der Waals surface area contributed by atoms with Crippen molar-refractivity contribution in [3.05, 3.63) is 47.3 Å². The van der Waals surface area contributed by atoms with E-state index in [1.54, 1.807) is 0 Å². The number of nitrogens with zero attached hydrogens (tertiary/aromatic N) is 1. The number of hydrogen-bond acceptors (Lipinski definition) is 2. The van der Waals surface area contributed by atoms with Gasteiger partial charge in [-0.1, -0.05) is 44.2 Å². The van der Waals surface area contributed by atoms with Crippen LogP contribution < -0.4 is 5.32 Å². The van der Waals surface area contributed by atoms with Crippen LogP contribution in [0.3, 0.4) is 0 Å². The molecule has 1 atom stereocenters. The molecule has 1 aromatic carbocycles. The fraction of sp³-hybridized carbons (Fsp3) is 0.400. The van der Waals surface area contributed by atoms with E-state index in [1.807, 2.05) is 13.8 Å². The maximum atomic E-state index is 4.23. The Morgan fingerprint density at radius 1 is 1.11 bits per heavy atom. The molecule has 3 nitrogen and oxygen atoms in total. The molecule has 1 aromatic heterocycles. The zero-order chi connectivity index (χ0) is 13.1. The third-order valence-corrected chi connectivity index (χ3v) is 3.25. The molecule has 0 bridgehead atoms. The van der Waals surface area contributed by atoms with Crippen molar-refractivity contribution in [3.63, 3.8) is 0 Å². The van der Waals surface area contributed by atoms with Crippen LogP contribution in [0.4, 0.5) is 5.69 Å². The highest BCUT2D eigenvalue weighted by Crippen LogP contribution is 2.28. The summed E-state index contributed by atoms with van der Waals surface area (Å²) in [6.07, 6.45) is 0. The SMILES string of the molecule is Cc1n[nH]c(C)c1NC(c1ccccc1)C(C)C. The molecule has 2 aromatic rings. The lowest BCUT2D eigenvalue weighted by atomic mass is 9.95. The van der Waals surface area contributed by atoms with E-state index in [-0.39, 0.29) is 0 Å². The number of H-pyrrole nitrogens is 1. The van der Waals surface area contributed by atoms with Crippen molar-refractivity contribution in [3.8, 4) is 0 Å². The van der Waals surface area contributed by atoms with Crippen molar-refractivity contribution < 1.29 is 0 Å².